The first-order valence-corrected chi connectivity index (χ1v) is 6.94. The van der Waals surface area contributed by atoms with E-state index in [1.807, 2.05) is 29.0 Å². The van der Waals surface area contributed by atoms with Crippen molar-refractivity contribution < 1.29 is 14.3 Å². The van der Waals surface area contributed by atoms with Crippen molar-refractivity contribution in [2.75, 3.05) is 0 Å². The largest absolute Gasteiger partial charge is 0.478 e. The van der Waals surface area contributed by atoms with Gasteiger partial charge in [0.1, 0.15) is 5.82 Å². The molecular weight excluding hydrogens is 295 g/mol. The number of carboxylic acids is 1. The van der Waals surface area contributed by atoms with Crippen LogP contribution in [0, 0.1) is 5.82 Å². The fourth-order valence-corrected chi connectivity index (χ4v) is 2.19. The van der Waals surface area contributed by atoms with Crippen LogP contribution in [0.2, 0.25) is 0 Å². The Labute approximate surface area is 132 Å². The maximum Gasteiger partial charge on any atom is 0.335 e. The third-order valence-corrected chi connectivity index (χ3v) is 3.32. The Hall–Kier alpha value is -3.21. The summed E-state index contributed by atoms with van der Waals surface area (Å²) in [6.45, 7) is 0. The van der Waals surface area contributed by atoms with Crippen molar-refractivity contribution in [3.05, 3.63) is 83.9 Å². The lowest BCUT2D eigenvalue weighted by atomic mass is 10.2. The summed E-state index contributed by atoms with van der Waals surface area (Å²) in [5.41, 5.74) is 2.38. The molecule has 4 nitrogen and oxygen atoms in total. The van der Waals surface area contributed by atoms with Crippen molar-refractivity contribution in [3.63, 3.8) is 0 Å². The topological polar surface area (TPSA) is 54.6 Å². The molecule has 5 heteroatoms. The van der Waals surface area contributed by atoms with E-state index in [1.165, 1.54) is 12.1 Å². The summed E-state index contributed by atoms with van der Waals surface area (Å²) in [5, 5.41) is 9.08. The lowest BCUT2D eigenvalue weighted by molar-refractivity contribution is 0.0697. The smallest absolute Gasteiger partial charge is 0.335 e. The number of nitrogens with zero attached hydrogens (tertiary/aromatic N) is 2. The predicted molar refractivity (Wildman–Crippen MR) is 86.4 cm³/mol. The summed E-state index contributed by atoms with van der Waals surface area (Å²) < 4.78 is 14.7. The quantitative estimate of drug-likeness (QED) is 0.739. The molecule has 0 spiro atoms. The molecule has 0 atom stereocenters. The molecule has 0 aliphatic heterocycles. The van der Waals surface area contributed by atoms with Gasteiger partial charge in [-0.2, -0.15) is 0 Å². The molecule has 2 aromatic carbocycles. The zero-order valence-corrected chi connectivity index (χ0v) is 12.1. The van der Waals surface area contributed by atoms with E-state index in [9.17, 15) is 9.18 Å². The first kappa shape index (κ1) is 14.7. The van der Waals surface area contributed by atoms with Crippen LogP contribution in [0.4, 0.5) is 10.1 Å². The lowest BCUT2D eigenvalue weighted by Gasteiger charge is -2.07. The van der Waals surface area contributed by atoms with Gasteiger partial charge in [-0.1, -0.05) is 6.07 Å². The van der Waals surface area contributed by atoms with E-state index >= 15 is 0 Å². The molecule has 1 N–H and O–H groups in total. The third kappa shape index (κ3) is 3.35. The van der Waals surface area contributed by atoms with Crippen LogP contribution in [0.5, 0.6) is 0 Å². The first-order valence-electron chi connectivity index (χ1n) is 6.94. The van der Waals surface area contributed by atoms with Gasteiger partial charge in [-0.25, -0.2) is 9.18 Å². The van der Waals surface area contributed by atoms with Crippen LogP contribution < -0.4 is 0 Å². The molecule has 3 aromatic rings. The van der Waals surface area contributed by atoms with E-state index in [2.05, 4.69) is 4.99 Å². The average molecular weight is 308 g/mol. The van der Waals surface area contributed by atoms with Gasteiger partial charge in [0.05, 0.1) is 23.2 Å². The molecule has 114 valence electrons. The van der Waals surface area contributed by atoms with Crippen LogP contribution in [0.1, 0.15) is 16.1 Å². The highest BCUT2D eigenvalue weighted by Crippen LogP contribution is 2.16. The maximum atomic E-state index is 12.9. The lowest BCUT2D eigenvalue weighted by Crippen LogP contribution is -2.01. The van der Waals surface area contributed by atoms with Gasteiger partial charge < -0.3 is 9.67 Å². The molecule has 0 bridgehead atoms. The second-order valence-electron chi connectivity index (χ2n) is 4.89. The van der Waals surface area contributed by atoms with Gasteiger partial charge >= 0.3 is 5.97 Å². The van der Waals surface area contributed by atoms with Gasteiger partial charge in [-0.05, 0) is 54.6 Å². The van der Waals surface area contributed by atoms with Gasteiger partial charge in [-0.3, -0.25) is 4.99 Å². The molecule has 1 heterocycles. The molecule has 0 radical (unpaired) electrons. The number of aliphatic imine (C=N–C) groups is 1. The molecule has 0 aliphatic carbocycles. The van der Waals surface area contributed by atoms with Crippen LogP contribution in [-0.2, 0) is 0 Å². The zero-order valence-electron chi connectivity index (χ0n) is 12.1. The van der Waals surface area contributed by atoms with Gasteiger partial charge in [0, 0.05) is 11.9 Å². The van der Waals surface area contributed by atoms with Crippen LogP contribution in [0.3, 0.4) is 0 Å². The molecule has 3 rings (SSSR count). The Kier molecular flexibility index (Phi) is 4.01. The van der Waals surface area contributed by atoms with Gasteiger partial charge in [-0.15, -0.1) is 0 Å². The Morgan fingerprint density at radius 3 is 2.61 bits per heavy atom. The molecule has 1 aromatic heterocycles. The number of hydrogen-bond acceptors (Lipinski definition) is 2. The molecule has 0 saturated carbocycles. The monoisotopic (exact) mass is 308 g/mol. The van der Waals surface area contributed by atoms with Crippen molar-refractivity contribution in [3.8, 4) is 5.69 Å². The van der Waals surface area contributed by atoms with E-state index in [4.69, 9.17) is 5.11 Å². The van der Waals surface area contributed by atoms with E-state index in [1.54, 1.807) is 36.5 Å². The van der Waals surface area contributed by atoms with Crippen molar-refractivity contribution in [1.29, 1.82) is 0 Å². The van der Waals surface area contributed by atoms with E-state index in [0.717, 1.165) is 11.4 Å². The van der Waals surface area contributed by atoms with E-state index in [0.29, 0.717) is 5.69 Å². The summed E-state index contributed by atoms with van der Waals surface area (Å²) in [6.07, 6.45) is 3.48. The number of aromatic nitrogens is 1. The maximum absolute atomic E-state index is 12.9. The highest BCUT2D eigenvalue weighted by molar-refractivity contribution is 5.88. The van der Waals surface area contributed by atoms with Crippen molar-refractivity contribution in [2.24, 2.45) is 4.99 Å². The normalized spacial score (nSPS) is 11.0. The molecule has 0 aliphatic rings. The second-order valence-corrected chi connectivity index (χ2v) is 4.89. The molecule has 0 fully saturated rings. The number of rotatable bonds is 4. The fraction of sp³-hybridized carbons (Fsp3) is 0. The molecule has 0 unspecified atom stereocenters. The molecule has 23 heavy (non-hydrogen) atoms. The van der Waals surface area contributed by atoms with Gasteiger partial charge in [0.2, 0.25) is 0 Å². The number of halogens is 1. The summed E-state index contributed by atoms with van der Waals surface area (Å²) in [4.78, 5) is 15.4. The SMILES string of the molecule is O=C(O)c1cccc(-n2cccc2C=Nc2ccc(F)cc2)c1. The minimum Gasteiger partial charge on any atom is -0.478 e. The van der Waals surface area contributed by atoms with Crippen LogP contribution in [0.15, 0.2) is 71.9 Å². The van der Waals surface area contributed by atoms with Crippen molar-refractivity contribution >= 4 is 17.9 Å². The van der Waals surface area contributed by atoms with E-state index in [-0.39, 0.29) is 11.4 Å². The molecule has 0 amide bonds. The highest BCUT2D eigenvalue weighted by atomic mass is 19.1. The van der Waals surface area contributed by atoms with Crippen molar-refractivity contribution in [1.82, 2.24) is 4.57 Å². The number of carbonyl (C=O) groups is 1. The Morgan fingerprint density at radius 1 is 1.09 bits per heavy atom. The Bertz CT molecular complexity index is 867. The highest BCUT2D eigenvalue weighted by Gasteiger charge is 2.06. The van der Waals surface area contributed by atoms with Crippen LogP contribution >= 0.6 is 0 Å². The summed E-state index contributed by atoms with van der Waals surface area (Å²) in [7, 11) is 0. The number of hydrogen-bond donors (Lipinski definition) is 1. The number of carboxylic acid groups (broad SMARTS) is 1. The second kappa shape index (κ2) is 6.27. The number of benzene rings is 2. The predicted octanol–water partition coefficient (Wildman–Crippen LogP) is 4.07. The van der Waals surface area contributed by atoms with Crippen LogP contribution in [-0.4, -0.2) is 21.9 Å². The van der Waals surface area contributed by atoms with Gasteiger partial charge in [0.15, 0.2) is 0 Å². The first-order chi connectivity index (χ1) is 11.1. The summed E-state index contributed by atoms with van der Waals surface area (Å²) in [5.74, 6) is -1.28. The molecule has 0 saturated heterocycles. The third-order valence-electron chi connectivity index (χ3n) is 3.32. The fourth-order valence-electron chi connectivity index (χ4n) is 2.19. The minimum absolute atomic E-state index is 0.220. The van der Waals surface area contributed by atoms with Crippen LogP contribution in [0.25, 0.3) is 5.69 Å². The van der Waals surface area contributed by atoms with Gasteiger partial charge in [0.25, 0.3) is 0 Å². The standard InChI is InChI=1S/C18H13FN2O2/c19-14-6-8-15(9-7-14)20-12-17-5-2-10-21(17)16-4-1-3-13(11-16)18(22)23/h1-12H,(H,22,23). The van der Waals surface area contributed by atoms with E-state index < -0.39 is 5.97 Å². The zero-order chi connectivity index (χ0) is 16.2. The minimum atomic E-state index is -0.972. The summed E-state index contributed by atoms with van der Waals surface area (Å²) in [6, 6.07) is 16.2. The average Bonchev–Trinajstić information content (AvgIpc) is 3.03. The summed E-state index contributed by atoms with van der Waals surface area (Å²) >= 11 is 0. The van der Waals surface area contributed by atoms with Crippen molar-refractivity contribution in [2.45, 2.75) is 0 Å². The molecular formula is C18H13FN2O2. The number of aromatic carboxylic acids is 1. The Morgan fingerprint density at radius 2 is 1.87 bits per heavy atom. The Balaban J connectivity index is 1.92.